The zero-order valence-corrected chi connectivity index (χ0v) is 16.7. The largest absolute Gasteiger partial charge is 0.419 e. The van der Waals surface area contributed by atoms with Gasteiger partial charge in [-0.05, 0) is 66.2 Å². The molecule has 3 rings (SSSR count). The van der Waals surface area contributed by atoms with Gasteiger partial charge in [0.15, 0.2) is 0 Å². The molecule has 0 atom stereocenters. The number of carbonyl (C=O) groups is 1. The first kappa shape index (κ1) is 18.6. The molecule has 0 bridgehead atoms. The van der Waals surface area contributed by atoms with E-state index in [1.807, 2.05) is 44.2 Å². The van der Waals surface area contributed by atoms with Crippen molar-refractivity contribution < 1.29 is 9.21 Å². The minimum Gasteiger partial charge on any atom is -0.419 e. The molecule has 1 aromatic heterocycles. The van der Waals surface area contributed by atoms with Crippen molar-refractivity contribution in [2.75, 3.05) is 0 Å². The minimum atomic E-state index is -0.0984. The van der Waals surface area contributed by atoms with Gasteiger partial charge in [0.05, 0.1) is 12.1 Å². The topological polar surface area (TPSA) is 59.2 Å². The summed E-state index contributed by atoms with van der Waals surface area (Å²) < 4.78 is 6.49. The van der Waals surface area contributed by atoms with E-state index in [9.17, 15) is 4.79 Å². The maximum Gasteiger partial charge on any atom is 0.255 e. The number of rotatable bonds is 5. The minimum absolute atomic E-state index is 0.0273. The molecule has 5 nitrogen and oxygen atoms in total. The normalized spacial score (nSPS) is 11.0. The molecule has 134 valence electrons. The fraction of sp³-hybridized carbons (Fsp3) is 0.211. The van der Waals surface area contributed by atoms with E-state index in [2.05, 4.69) is 26.1 Å². The van der Waals surface area contributed by atoms with E-state index >= 15 is 0 Å². The van der Waals surface area contributed by atoms with Crippen LogP contribution in [0.15, 0.2) is 57.4 Å². The van der Waals surface area contributed by atoms with E-state index in [1.54, 1.807) is 23.1 Å². The highest BCUT2D eigenvalue weighted by Gasteiger charge is 2.23. The molecule has 26 heavy (non-hydrogen) atoms. The fourth-order valence-corrected chi connectivity index (χ4v) is 3.03. The van der Waals surface area contributed by atoms with Gasteiger partial charge in [0, 0.05) is 21.1 Å². The van der Waals surface area contributed by atoms with Gasteiger partial charge in [0.1, 0.15) is 0 Å². The molecule has 1 amide bonds. The second kappa shape index (κ2) is 8.01. The highest BCUT2D eigenvalue weighted by atomic mass is 79.9. The summed E-state index contributed by atoms with van der Waals surface area (Å²) in [6.45, 7) is 4.13. The average molecular weight is 435 g/mol. The maximum absolute atomic E-state index is 12.9. The van der Waals surface area contributed by atoms with Gasteiger partial charge in [0.25, 0.3) is 5.91 Å². The summed E-state index contributed by atoms with van der Waals surface area (Å²) in [6.07, 6.45) is 0. The van der Waals surface area contributed by atoms with Gasteiger partial charge in [-0.15, -0.1) is 10.2 Å². The number of amides is 1. The van der Waals surface area contributed by atoms with Gasteiger partial charge in [0.2, 0.25) is 11.8 Å². The zero-order valence-electron chi connectivity index (χ0n) is 14.3. The third-order valence-corrected chi connectivity index (χ3v) is 4.80. The van der Waals surface area contributed by atoms with Crippen LogP contribution in [-0.2, 0) is 6.54 Å². The molecule has 0 aliphatic rings. The van der Waals surface area contributed by atoms with Crippen LogP contribution < -0.4 is 0 Å². The first-order valence-corrected chi connectivity index (χ1v) is 9.26. The molecule has 7 heteroatoms. The summed E-state index contributed by atoms with van der Waals surface area (Å²) in [7, 11) is 0. The number of benzene rings is 2. The molecular formula is C19H17BrClN3O2. The van der Waals surface area contributed by atoms with Gasteiger partial charge in [-0.1, -0.05) is 23.7 Å². The molecule has 0 unspecified atom stereocenters. The molecule has 0 radical (unpaired) electrons. The van der Waals surface area contributed by atoms with Gasteiger partial charge in [-0.2, -0.15) is 0 Å². The smallest absolute Gasteiger partial charge is 0.255 e. The quantitative estimate of drug-likeness (QED) is 0.553. The van der Waals surface area contributed by atoms with Crippen molar-refractivity contribution in [2.45, 2.75) is 26.4 Å². The Hall–Kier alpha value is -2.18. The lowest BCUT2D eigenvalue weighted by Gasteiger charge is -2.25. The number of halogens is 2. The summed E-state index contributed by atoms with van der Waals surface area (Å²) >= 11 is 9.33. The molecule has 3 aromatic rings. The van der Waals surface area contributed by atoms with E-state index in [1.165, 1.54) is 0 Å². The predicted molar refractivity (Wildman–Crippen MR) is 104 cm³/mol. The Kier molecular flexibility index (Phi) is 5.74. The Bertz CT molecular complexity index is 909. The molecule has 0 fully saturated rings. The van der Waals surface area contributed by atoms with E-state index in [4.69, 9.17) is 16.0 Å². The SMILES string of the molecule is CC(C)N(Cc1nnc(-c2ccc(Cl)cc2)o1)C(=O)c1ccccc1Br. The van der Waals surface area contributed by atoms with E-state index in [-0.39, 0.29) is 18.5 Å². The third kappa shape index (κ3) is 4.14. The molecule has 0 aliphatic carbocycles. The highest BCUT2D eigenvalue weighted by molar-refractivity contribution is 9.10. The standard InChI is InChI=1S/C19H17BrClN3O2/c1-12(2)24(19(25)15-5-3-4-6-16(15)20)11-17-22-23-18(26-17)13-7-9-14(21)10-8-13/h3-10,12H,11H2,1-2H3. The Morgan fingerprint density at radius 3 is 2.50 bits per heavy atom. The Morgan fingerprint density at radius 2 is 1.85 bits per heavy atom. The molecule has 1 heterocycles. The van der Waals surface area contributed by atoms with Gasteiger partial charge in [-0.25, -0.2) is 0 Å². The highest BCUT2D eigenvalue weighted by Crippen LogP contribution is 2.23. The first-order valence-electron chi connectivity index (χ1n) is 8.09. The van der Waals surface area contributed by atoms with Crippen LogP contribution in [0, 0.1) is 0 Å². The molecule has 0 N–H and O–H groups in total. The van der Waals surface area contributed by atoms with Crippen LogP contribution >= 0.6 is 27.5 Å². The third-order valence-electron chi connectivity index (χ3n) is 3.85. The fourth-order valence-electron chi connectivity index (χ4n) is 2.45. The van der Waals surface area contributed by atoms with Crippen molar-refractivity contribution in [2.24, 2.45) is 0 Å². The van der Waals surface area contributed by atoms with Crippen LogP contribution in [0.1, 0.15) is 30.1 Å². The van der Waals surface area contributed by atoms with Crippen molar-refractivity contribution in [3.05, 3.63) is 69.5 Å². The van der Waals surface area contributed by atoms with E-state index in [0.717, 1.165) is 10.0 Å². The van der Waals surface area contributed by atoms with Crippen LogP contribution in [0.3, 0.4) is 0 Å². The molecule has 0 saturated carbocycles. The molecule has 0 spiro atoms. The lowest BCUT2D eigenvalue weighted by atomic mass is 10.1. The van der Waals surface area contributed by atoms with Crippen molar-refractivity contribution in [3.63, 3.8) is 0 Å². The monoisotopic (exact) mass is 433 g/mol. The van der Waals surface area contributed by atoms with Crippen LogP contribution in [0.25, 0.3) is 11.5 Å². The van der Waals surface area contributed by atoms with E-state index in [0.29, 0.717) is 22.4 Å². The zero-order chi connectivity index (χ0) is 18.7. The van der Waals surface area contributed by atoms with Crippen LogP contribution in [0.2, 0.25) is 5.02 Å². The van der Waals surface area contributed by atoms with Gasteiger partial charge < -0.3 is 9.32 Å². The summed E-state index contributed by atoms with van der Waals surface area (Å²) in [5.74, 6) is 0.677. The number of carbonyl (C=O) groups excluding carboxylic acids is 1. The predicted octanol–water partition coefficient (Wildman–Crippen LogP) is 5.20. The Balaban J connectivity index is 1.82. The first-order chi connectivity index (χ1) is 12.5. The van der Waals surface area contributed by atoms with Crippen molar-refractivity contribution in [1.82, 2.24) is 15.1 Å². The van der Waals surface area contributed by atoms with Crippen LogP contribution in [0.4, 0.5) is 0 Å². The summed E-state index contributed by atoms with van der Waals surface area (Å²) in [4.78, 5) is 14.6. The summed E-state index contributed by atoms with van der Waals surface area (Å²) in [5.41, 5.74) is 1.38. The van der Waals surface area contributed by atoms with Crippen molar-refractivity contribution in [3.8, 4) is 11.5 Å². The number of aromatic nitrogens is 2. The average Bonchev–Trinajstić information content (AvgIpc) is 3.08. The summed E-state index contributed by atoms with van der Waals surface area (Å²) in [6, 6.07) is 14.5. The van der Waals surface area contributed by atoms with Crippen LogP contribution in [-0.4, -0.2) is 27.0 Å². The van der Waals surface area contributed by atoms with Crippen molar-refractivity contribution in [1.29, 1.82) is 0 Å². The number of hydrogen-bond acceptors (Lipinski definition) is 4. The van der Waals surface area contributed by atoms with Gasteiger partial charge >= 0.3 is 0 Å². The molecule has 0 aliphatic heterocycles. The van der Waals surface area contributed by atoms with Crippen molar-refractivity contribution >= 4 is 33.4 Å². The maximum atomic E-state index is 12.9. The lowest BCUT2D eigenvalue weighted by Crippen LogP contribution is -2.36. The van der Waals surface area contributed by atoms with Crippen LogP contribution in [0.5, 0.6) is 0 Å². The second-order valence-electron chi connectivity index (χ2n) is 6.01. The Labute approximate surface area is 165 Å². The molecule has 0 saturated heterocycles. The van der Waals surface area contributed by atoms with Gasteiger partial charge in [-0.3, -0.25) is 4.79 Å². The number of hydrogen-bond donors (Lipinski definition) is 0. The second-order valence-corrected chi connectivity index (χ2v) is 7.31. The Morgan fingerprint density at radius 1 is 1.15 bits per heavy atom. The molecule has 2 aromatic carbocycles. The lowest BCUT2D eigenvalue weighted by molar-refractivity contribution is 0.0671. The number of nitrogens with zero attached hydrogens (tertiary/aromatic N) is 3. The summed E-state index contributed by atoms with van der Waals surface area (Å²) in [5, 5.41) is 8.79. The van der Waals surface area contributed by atoms with E-state index < -0.39 is 0 Å². The molecular weight excluding hydrogens is 418 g/mol.